The molecule has 0 radical (unpaired) electrons. The van der Waals surface area contributed by atoms with Crippen molar-refractivity contribution >= 4 is 33.3 Å². The number of ether oxygens (including phenoxy) is 2. The third-order valence-electron chi connectivity index (χ3n) is 3.62. The summed E-state index contributed by atoms with van der Waals surface area (Å²) in [5.74, 6) is 2.45. The van der Waals surface area contributed by atoms with Crippen LogP contribution in [0.25, 0.3) is 10.2 Å². The maximum absolute atomic E-state index is 8.63. The number of nitrogens with zero attached hydrogens (tertiary/aromatic N) is 1. The van der Waals surface area contributed by atoms with E-state index in [0.717, 1.165) is 15.6 Å². The van der Waals surface area contributed by atoms with Crippen LogP contribution in [0.1, 0.15) is 95.9 Å². The lowest BCUT2D eigenvalue weighted by molar-refractivity contribution is 0.0636. The second kappa shape index (κ2) is 39.0. The average Bonchev–Trinajstić information content (AvgIpc) is 3.49. The fraction of sp³-hybridized carbons (Fsp3) is 0.432. The Balaban J connectivity index is -0.000000299. The molecule has 0 atom stereocenters. The summed E-state index contributed by atoms with van der Waals surface area (Å²) in [6, 6.07) is 26.4. The predicted molar refractivity (Wildman–Crippen MR) is 198 cm³/mol. The van der Waals surface area contributed by atoms with Crippen molar-refractivity contribution in [3.8, 4) is 11.5 Å². The maximum atomic E-state index is 8.63. The second-order valence-electron chi connectivity index (χ2n) is 7.24. The Kier molecular flexibility index (Phi) is 42.7. The number of phenols is 1. The van der Waals surface area contributed by atoms with E-state index in [1.54, 1.807) is 47.4 Å². The molecule has 6 heteroatoms. The lowest BCUT2D eigenvalue weighted by Crippen LogP contribution is -2.03. The van der Waals surface area contributed by atoms with Crippen LogP contribution in [0.15, 0.2) is 102 Å². The summed E-state index contributed by atoms with van der Waals surface area (Å²) in [5.41, 5.74) is 1.04. The number of hydrogen-bond donors (Lipinski definition) is 1. The van der Waals surface area contributed by atoms with E-state index in [1.165, 1.54) is 17.5 Å². The normalized spacial score (nSPS) is 8.19. The molecule has 244 valence electrons. The van der Waals surface area contributed by atoms with E-state index in [1.807, 2.05) is 110 Å². The van der Waals surface area contributed by atoms with Gasteiger partial charge in [0.2, 0.25) is 6.79 Å². The smallest absolute Gasteiger partial charge is 0.230 e. The van der Waals surface area contributed by atoms with E-state index in [0.29, 0.717) is 17.3 Å². The largest absolute Gasteiger partial charge is 0.508 e. The molecule has 0 saturated carbocycles. The Morgan fingerprint density at radius 3 is 1.60 bits per heavy atom. The first-order valence-corrected chi connectivity index (χ1v) is 17.5. The van der Waals surface area contributed by atoms with Crippen LogP contribution in [-0.2, 0) is 4.74 Å². The molecule has 43 heavy (non-hydrogen) atoms. The van der Waals surface area contributed by atoms with E-state index >= 15 is 0 Å². The van der Waals surface area contributed by atoms with E-state index in [4.69, 9.17) is 14.6 Å². The first-order chi connectivity index (χ1) is 21.0. The van der Waals surface area contributed by atoms with Crippen molar-refractivity contribution in [3.05, 3.63) is 97.3 Å². The van der Waals surface area contributed by atoms with E-state index in [9.17, 15) is 0 Å². The highest BCUT2D eigenvalue weighted by atomic mass is 32.2. The highest BCUT2D eigenvalue weighted by Gasteiger charge is 2.05. The predicted octanol–water partition coefficient (Wildman–Crippen LogP) is 13.3. The van der Waals surface area contributed by atoms with Crippen molar-refractivity contribution in [1.29, 1.82) is 0 Å². The van der Waals surface area contributed by atoms with E-state index in [-0.39, 0.29) is 6.79 Å². The number of rotatable bonds is 7. The van der Waals surface area contributed by atoms with Crippen molar-refractivity contribution < 1.29 is 14.6 Å². The molecule has 0 aliphatic rings. The van der Waals surface area contributed by atoms with Gasteiger partial charge in [0.15, 0.2) is 4.34 Å². The molecule has 0 bridgehead atoms. The summed E-state index contributed by atoms with van der Waals surface area (Å²) in [7, 11) is 0. The van der Waals surface area contributed by atoms with Crippen LogP contribution < -0.4 is 4.74 Å². The molecular formula is C37H61NO3S2. The number of phenolic OH excluding ortho intramolecular Hbond substituents is 1. The van der Waals surface area contributed by atoms with Crippen LogP contribution in [0.2, 0.25) is 0 Å². The molecular weight excluding hydrogens is 571 g/mol. The molecule has 3 aromatic carbocycles. The average molecular weight is 632 g/mol. The lowest BCUT2D eigenvalue weighted by atomic mass is 10.3. The molecule has 0 aliphatic heterocycles. The molecule has 0 fully saturated rings. The molecule has 0 aliphatic carbocycles. The lowest BCUT2D eigenvalue weighted by Gasteiger charge is -2.09. The maximum Gasteiger partial charge on any atom is 0.230 e. The molecule has 4 rings (SSSR count). The first kappa shape index (κ1) is 47.0. The van der Waals surface area contributed by atoms with E-state index < -0.39 is 0 Å². The highest BCUT2D eigenvalue weighted by Crippen LogP contribution is 2.30. The fourth-order valence-electron chi connectivity index (χ4n) is 2.22. The van der Waals surface area contributed by atoms with Gasteiger partial charge in [-0.2, -0.15) is 0 Å². The highest BCUT2D eigenvalue weighted by molar-refractivity contribution is 8.01. The van der Waals surface area contributed by atoms with Gasteiger partial charge in [-0.3, -0.25) is 0 Å². The topological polar surface area (TPSA) is 51.6 Å². The minimum atomic E-state index is 0.170. The number of benzene rings is 3. The fourth-order valence-corrected chi connectivity index (χ4v) is 4.13. The Labute approximate surface area is 273 Å². The van der Waals surface area contributed by atoms with Crippen LogP contribution >= 0.6 is 23.1 Å². The van der Waals surface area contributed by atoms with Gasteiger partial charge < -0.3 is 14.6 Å². The van der Waals surface area contributed by atoms with Gasteiger partial charge in [0.05, 0.1) is 16.0 Å². The molecule has 1 N–H and O–H groups in total. The zero-order chi connectivity index (χ0) is 33.7. The zero-order valence-corrected chi connectivity index (χ0v) is 30.8. The van der Waals surface area contributed by atoms with Crippen molar-refractivity contribution in [3.63, 3.8) is 0 Å². The molecule has 0 amide bonds. The van der Waals surface area contributed by atoms with Gasteiger partial charge in [-0.05, 0) is 36.4 Å². The van der Waals surface area contributed by atoms with Gasteiger partial charge in [-0.25, -0.2) is 4.98 Å². The Hall–Kier alpha value is -2.96. The molecule has 1 aromatic heterocycles. The molecule has 4 nitrogen and oxygen atoms in total. The van der Waals surface area contributed by atoms with Crippen LogP contribution in [-0.4, -0.2) is 22.6 Å². The van der Waals surface area contributed by atoms with Crippen molar-refractivity contribution in [2.24, 2.45) is 0 Å². The third-order valence-corrected chi connectivity index (χ3v) is 5.86. The standard InChI is InChI=1S/C17H15NO2S2.C6H6O.2C3H8.4C2H6/c1-13(19-12-20-14-7-3-2-4-8-14)11-21-17-18-15-9-5-6-10-16(15)22-17;7-6-4-2-1-3-5-6;2*1-3-2;4*1-2/h2-10H,1,11-12H2;1-5,7H;2*3H2,1-2H3;4*1-2H3. The molecule has 0 saturated heterocycles. The number of thiazole rings is 1. The Morgan fingerprint density at radius 1 is 0.721 bits per heavy atom. The zero-order valence-electron chi connectivity index (χ0n) is 29.1. The summed E-state index contributed by atoms with van der Waals surface area (Å²) in [5, 5.41) is 8.63. The summed E-state index contributed by atoms with van der Waals surface area (Å²) in [4.78, 5) is 4.57. The number of aromatic nitrogens is 1. The van der Waals surface area contributed by atoms with Gasteiger partial charge in [0, 0.05) is 0 Å². The number of thioether (sulfide) groups is 1. The van der Waals surface area contributed by atoms with Crippen LogP contribution in [0, 0.1) is 0 Å². The van der Waals surface area contributed by atoms with Crippen LogP contribution in [0.4, 0.5) is 0 Å². The Morgan fingerprint density at radius 2 is 1.16 bits per heavy atom. The molecule has 1 heterocycles. The molecule has 4 aromatic rings. The van der Waals surface area contributed by atoms with Crippen LogP contribution in [0.5, 0.6) is 11.5 Å². The van der Waals surface area contributed by atoms with Gasteiger partial charge in [0.25, 0.3) is 0 Å². The number of hydrogen-bond acceptors (Lipinski definition) is 6. The summed E-state index contributed by atoms with van der Waals surface area (Å²) >= 11 is 3.31. The quantitative estimate of drug-likeness (QED) is 0.125. The van der Waals surface area contributed by atoms with E-state index in [2.05, 4.69) is 45.3 Å². The Bertz CT molecular complexity index is 1020. The van der Waals surface area contributed by atoms with Crippen molar-refractivity contribution in [2.75, 3.05) is 12.5 Å². The number of para-hydroxylation sites is 3. The summed E-state index contributed by atoms with van der Waals surface area (Å²) in [6.07, 6.45) is 2.50. The van der Waals surface area contributed by atoms with Gasteiger partial charge in [-0.1, -0.05) is 163 Å². The van der Waals surface area contributed by atoms with Gasteiger partial charge >= 0.3 is 0 Å². The SMILES string of the molecule is C=C(CSc1nc2ccccc2s1)OCOc1ccccc1.CC.CC.CC.CC.CCC.CCC.Oc1ccccc1. The monoisotopic (exact) mass is 631 g/mol. The minimum Gasteiger partial charge on any atom is -0.508 e. The third kappa shape index (κ3) is 28.9. The second-order valence-corrected chi connectivity index (χ2v) is 9.50. The first-order valence-electron chi connectivity index (χ1n) is 15.7. The summed E-state index contributed by atoms with van der Waals surface area (Å²) in [6.45, 7) is 28.6. The number of aromatic hydroxyl groups is 1. The van der Waals surface area contributed by atoms with Gasteiger partial charge in [-0.15, -0.1) is 11.3 Å². The number of fused-ring (bicyclic) bond motifs is 1. The van der Waals surface area contributed by atoms with Gasteiger partial charge in [0.1, 0.15) is 17.3 Å². The van der Waals surface area contributed by atoms with Crippen molar-refractivity contribution in [2.45, 2.75) is 100 Å². The molecule has 0 spiro atoms. The van der Waals surface area contributed by atoms with Crippen LogP contribution in [0.3, 0.4) is 0 Å². The molecule has 0 unspecified atom stereocenters. The van der Waals surface area contributed by atoms with Crippen molar-refractivity contribution in [1.82, 2.24) is 4.98 Å². The minimum absolute atomic E-state index is 0.170. The summed E-state index contributed by atoms with van der Waals surface area (Å²) < 4.78 is 13.2.